The van der Waals surface area contributed by atoms with Crippen LogP contribution in [-0.2, 0) is 22.0 Å². The number of ketones is 1. The van der Waals surface area contributed by atoms with Crippen LogP contribution in [0.2, 0.25) is 0 Å². The van der Waals surface area contributed by atoms with E-state index >= 15 is 0 Å². The summed E-state index contributed by atoms with van der Waals surface area (Å²) >= 11 is 1.24. The first kappa shape index (κ1) is 19.5. The molecule has 3 aromatic rings. The second-order valence-electron chi connectivity index (χ2n) is 7.17. The Morgan fingerprint density at radius 2 is 1.78 bits per heavy atom. The lowest BCUT2D eigenvalue weighted by molar-refractivity contribution is 0.101. The van der Waals surface area contributed by atoms with E-state index in [1.165, 1.54) is 17.6 Å². The molecule has 0 aliphatic rings. The Hall–Kier alpha value is -2.22. The van der Waals surface area contributed by atoms with Gasteiger partial charge in [-0.3, -0.25) is 4.79 Å². The summed E-state index contributed by atoms with van der Waals surface area (Å²) in [6, 6.07) is 13.6. The van der Waals surface area contributed by atoms with Crippen LogP contribution in [0.5, 0.6) is 0 Å². The van der Waals surface area contributed by atoms with Crippen molar-refractivity contribution in [1.29, 1.82) is 0 Å². The fraction of sp³-hybridized carbons (Fsp3) is 0.250. The van der Waals surface area contributed by atoms with E-state index in [4.69, 9.17) is 4.42 Å². The molecule has 3 rings (SSSR count). The van der Waals surface area contributed by atoms with Gasteiger partial charge in [-0.2, -0.15) is 0 Å². The summed E-state index contributed by atoms with van der Waals surface area (Å²) in [4.78, 5) is 13.7. The number of nitrogens with one attached hydrogen (secondary N) is 1. The third-order valence-electron chi connectivity index (χ3n) is 4.10. The van der Waals surface area contributed by atoms with Crippen LogP contribution in [0.4, 0.5) is 0 Å². The highest BCUT2D eigenvalue weighted by Crippen LogP contribution is 2.24. The highest BCUT2D eigenvalue weighted by molar-refractivity contribution is 7.89. The van der Waals surface area contributed by atoms with Gasteiger partial charge in [0, 0.05) is 11.4 Å². The summed E-state index contributed by atoms with van der Waals surface area (Å²) in [6.07, 6.45) is 1.45. The molecule has 27 heavy (non-hydrogen) atoms. The van der Waals surface area contributed by atoms with Crippen LogP contribution in [0.25, 0.3) is 0 Å². The van der Waals surface area contributed by atoms with E-state index in [2.05, 4.69) is 25.5 Å². The van der Waals surface area contributed by atoms with Crippen molar-refractivity contribution < 1.29 is 17.6 Å². The van der Waals surface area contributed by atoms with Gasteiger partial charge >= 0.3 is 0 Å². The third kappa shape index (κ3) is 4.55. The van der Waals surface area contributed by atoms with Crippen molar-refractivity contribution in [3.8, 4) is 0 Å². The molecule has 2 heterocycles. The minimum Gasteiger partial charge on any atom is -0.461 e. The fourth-order valence-corrected chi connectivity index (χ4v) is 4.50. The Morgan fingerprint density at radius 1 is 1.07 bits per heavy atom. The molecule has 5 nitrogen and oxygen atoms in total. The predicted molar refractivity (Wildman–Crippen MR) is 106 cm³/mol. The molecule has 142 valence electrons. The quantitative estimate of drug-likeness (QED) is 0.621. The minimum absolute atomic E-state index is 0.0381. The Kier molecular flexibility index (Phi) is 5.37. The van der Waals surface area contributed by atoms with Crippen LogP contribution in [0.15, 0.2) is 64.1 Å². The molecule has 7 heteroatoms. The van der Waals surface area contributed by atoms with Crippen molar-refractivity contribution in [3.05, 3.63) is 75.9 Å². The fourth-order valence-electron chi connectivity index (χ4n) is 2.51. The maximum absolute atomic E-state index is 12.5. The SMILES string of the molecule is CC(C)(C)c1ccc(S(=O)(=O)NCc2ccc(C(=O)c3ccco3)s2)cc1. The molecule has 0 radical (unpaired) electrons. The smallest absolute Gasteiger partial charge is 0.240 e. The van der Waals surface area contributed by atoms with E-state index in [9.17, 15) is 13.2 Å². The molecule has 0 spiro atoms. The standard InChI is InChI=1S/C20H21NO4S2/c1-20(2,3)14-6-9-16(10-7-14)27(23,24)21-13-15-8-11-18(26-15)19(22)17-5-4-12-25-17/h4-12,21H,13H2,1-3H3. The monoisotopic (exact) mass is 403 g/mol. The number of rotatable bonds is 6. The molecular weight excluding hydrogens is 382 g/mol. The van der Waals surface area contributed by atoms with Gasteiger partial charge < -0.3 is 4.42 Å². The lowest BCUT2D eigenvalue weighted by Crippen LogP contribution is -2.23. The molecule has 0 fully saturated rings. The van der Waals surface area contributed by atoms with Crippen LogP contribution >= 0.6 is 11.3 Å². The Morgan fingerprint density at radius 3 is 2.37 bits per heavy atom. The number of hydrogen-bond acceptors (Lipinski definition) is 5. The van der Waals surface area contributed by atoms with E-state index in [0.717, 1.165) is 10.4 Å². The molecule has 0 amide bonds. The predicted octanol–water partition coefficient (Wildman–Crippen LogP) is 4.35. The Labute approximate surface area is 163 Å². The normalized spacial score (nSPS) is 12.3. The lowest BCUT2D eigenvalue weighted by Gasteiger charge is -2.19. The maximum atomic E-state index is 12.5. The number of thiophene rings is 1. The molecule has 2 aromatic heterocycles. The van der Waals surface area contributed by atoms with E-state index < -0.39 is 10.0 Å². The van der Waals surface area contributed by atoms with Crippen LogP contribution in [-0.4, -0.2) is 14.2 Å². The van der Waals surface area contributed by atoms with E-state index in [-0.39, 0.29) is 28.4 Å². The molecule has 1 N–H and O–H groups in total. The molecule has 0 saturated carbocycles. The van der Waals surface area contributed by atoms with Gasteiger partial charge in [-0.25, -0.2) is 13.1 Å². The second-order valence-corrected chi connectivity index (χ2v) is 10.1. The first-order valence-corrected chi connectivity index (χ1v) is 10.7. The van der Waals surface area contributed by atoms with Crippen molar-refractivity contribution in [3.63, 3.8) is 0 Å². The molecule has 0 saturated heterocycles. The van der Waals surface area contributed by atoms with E-state index in [1.807, 2.05) is 12.1 Å². The van der Waals surface area contributed by atoms with Crippen LogP contribution in [0, 0.1) is 0 Å². The van der Waals surface area contributed by atoms with Crippen molar-refractivity contribution in [2.45, 2.75) is 37.6 Å². The zero-order chi connectivity index (χ0) is 19.7. The van der Waals surface area contributed by atoms with Gasteiger partial charge in [0.1, 0.15) is 0 Å². The second kappa shape index (κ2) is 7.42. The van der Waals surface area contributed by atoms with Crippen LogP contribution < -0.4 is 4.72 Å². The molecule has 0 aliphatic heterocycles. The molecule has 0 aliphatic carbocycles. The highest BCUT2D eigenvalue weighted by Gasteiger charge is 2.19. The topological polar surface area (TPSA) is 76.4 Å². The Bertz CT molecular complexity index is 1020. The molecular formula is C20H21NO4S2. The number of hydrogen-bond donors (Lipinski definition) is 1. The van der Waals surface area contributed by atoms with Crippen LogP contribution in [0.1, 0.15) is 46.6 Å². The first-order valence-electron chi connectivity index (χ1n) is 8.44. The summed E-state index contributed by atoms with van der Waals surface area (Å²) in [5.41, 5.74) is 1.03. The summed E-state index contributed by atoms with van der Waals surface area (Å²) in [7, 11) is -3.62. The minimum atomic E-state index is -3.62. The van der Waals surface area contributed by atoms with Crippen molar-refractivity contribution in [1.82, 2.24) is 4.72 Å². The average molecular weight is 404 g/mol. The van der Waals surface area contributed by atoms with Gasteiger partial charge in [-0.1, -0.05) is 32.9 Å². The number of sulfonamides is 1. The average Bonchev–Trinajstić information content (AvgIpc) is 3.31. The zero-order valence-corrected chi connectivity index (χ0v) is 17.0. The van der Waals surface area contributed by atoms with Gasteiger partial charge in [-0.15, -0.1) is 11.3 Å². The summed E-state index contributed by atoms with van der Waals surface area (Å²) in [6.45, 7) is 6.35. The molecule has 1 aromatic carbocycles. The van der Waals surface area contributed by atoms with Gasteiger partial charge in [0.25, 0.3) is 0 Å². The number of benzene rings is 1. The number of carbonyl (C=O) groups excluding carboxylic acids is 1. The third-order valence-corrected chi connectivity index (χ3v) is 6.60. The summed E-state index contributed by atoms with van der Waals surface area (Å²) < 4.78 is 32.7. The summed E-state index contributed by atoms with van der Waals surface area (Å²) in [5.74, 6) is 0.0554. The number of furan rings is 1. The molecule has 0 bridgehead atoms. The summed E-state index contributed by atoms with van der Waals surface area (Å²) in [5, 5.41) is 0. The Balaban J connectivity index is 1.68. The van der Waals surface area contributed by atoms with E-state index in [0.29, 0.717) is 4.88 Å². The van der Waals surface area contributed by atoms with Crippen molar-refractivity contribution in [2.24, 2.45) is 0 Å². The van der Waals surface area contributed by atoms with Gasteiger partial charge in [-0.05, 0) is 47.4 Å². The number of carbonyl (C=O) groups is 1. The molecule has 0 atom stereocenters. The molecule has 0 unspecified atom stereocenters. The van der Waals surface area contributed by atoms with Crippen molar-refractivity contribution in [2.75, 3.05) is 0 Å². The zero-order valence-electron chi connectivity index (χ0n) is 15.4. The lowest BCUT2D eigenvalue weighted by atomic mass is 9.87. The highest BCUT2D eigenvalue weighted by atomic mass is 32.2. The van der Waals surface area contributed by atoms with Crippen LogP contribution in [0.3, 0.4) is 0 Å². The van der Waals surface area contributed by atoms with E-state index in [1.54, 1.807) is 36.4 Å². The van der Waals surface area contributed by atoms with Gasteiger partial charge in [0.15, 0.2) is 5.76 Å². The van der Waals surface area contributed by atoms with Crippen molar-refractivity contribution >= 4 is 27.1 Å². The maximum Gasteiger partial charge on any atom is 0.240 e. The largest absolute Gasteiger partial charge is 0.461 e. The first-order chi connectivity index (χ1) is 12.7. The van der Waals surface area contributed by atoms with Gasteiger partial charge in [0.05, 0.1) is 16.0 Å². The van der Waals surface area contributed by atoms with Gasteiger partial charge in [0.2, 0.25) is 15.8 Å².